The van der Waals surface area contributed by atoms with Gasteiger partial charge in [-0.05, 0) is 109 Å². The highest BCUT2D eigenvalue weighted by molar-refractivity contribution is 5.95. The summed E-state index contributed by atoms with van der Waals surface area (Å²) in [6.45, 7) is 4.58. The highest BCUT2D eigenvalue weighted by Crippen LogP contribution is 2.44. The van der Waals surface area contributed by atoms with Crippen LogP contribution in [0, 0.1) is 0 Å². The van der Waals surface area contributed by atoms with Crippen LogP contribution in [0.2, 0.25) is 0 Å². The first-order valence-electron chi connectivity index (χ1n) is 20.2. The molecule has 0 aromatic heterocycles. The largest absolute Gasteiger partial charge is 0.310 e. The van der Waals surface area contributed by atoms with E-state index < -0.39 is 0 Å². The number of anilines is 3. The van der Waals surface area contributed by atoms with Crippen molar-refractivity contribution in [3.05, 3.63) is 236 Å². The molecule has 9 rings (SSSR count). The Balaban J connectivity index is 1.16. The van der Waals surface area contributed by atoms with Crippen LogP contribution in [0.3, 0.4) is 0 Å². The molecule has 1 heteroatoms. The number of hydrogen-bond donors (Lipinski definition) is 0. The predicted octanol–water partition coefficient (Wildman–Crippen LogP) is 16.3. The van der Waals surface area contributed by atoms with Gasteiger partial charge in [-0.3, -0.25) is 0 Å². The van der Waals surface area contributed by atoms with Crippen LogP contribution in [0.25, 0.3) is 66.8 Å². The van der Waals surface area contributed by atoms with Gasteiger partial charge in [0.25, 0.3) is 0 Å². The number of hydrogen-bond acceptors (Lipinski definition) is 1. The van der Waals surface area contributed by atoms with Crippen LogP contribution < -0.4 is 4.90 Å². The first-order valence-corrected chi connectivity index (χ1v) is 20.2. The van der Waals surface area contributed by atoms with E-state index in [1.54, 1.807) is 0 Å². The molecule has 0 saturated carbocycles. The van der Waals surface area contributed by atoms with Gasteiger partial charge in [-0.25, -0.2) is 0 Å². The van der Waals surface area contributed by atoms with Gasteiger partial charge in [0.2, 0.25) is 0 Å². The Bertz CT molecular complexity index is 2770. The van der Waals surface area contributed by atoms with E-state index in [-0.39, 0.29) is 0 Å². The zero-order valence-corrected chi connectivity index (χ0v) is 33.0. The molecule has 0 saturated heterocycles. The van der Waals surface area contributed by atoms with Gasteiger partial charge in [0, 0.05) is 16.9 Å². The fourth-order valence-corrected chi connectivity index (χ4v) is 8.21. The minimum Gasteiger partial charge on any atom is -0.310 e. The Labute approximate surface area is 343 Å². The molecule has 0 aliphatic rings. The number of nitrogens with zero attached hydrogens (tertiary/aromatic N) is 1. The molecule has 1 nitrogen and oxygen atoms in total. The smallest absolute Gasteiger partial charge is 0.0540 e. The lowest BCUT2D eigenvalue weighted by Crippen LogP contribution is -2.11. The van der Waals surface area contributed by atoms with Crippen molar-refractivity contribution in [2.45, 2.75) is 19.8 Å². The topological polar surface area (TPSA) is 3.24 Å². The van der Waals surface area contributed by atoms with E-state index in [2.05, 4.69) is 249 Å². The minimum atomic E-state index is 0.378. The van der Waals surface area contributed by atoms with Crippen LogP contribution in [0.15, 0.2) is 231 Å². The second-order valence-electron chi connectivity index (χ2n) is 15.1. The third kappa shape index (κ3) is 7.39. The normalized spacial score (nSPS) is 11.1. The average Bonchev–Trinajstić information content (AvgIpc) is 3.30. The minimum absolute atomic E-state index is 0.378. The second-order valence-corrected chi connectivity index (χ2v) is 15.1. The third-order valence-corrected chi connectivity index (χ3v) is 11.1. The van der Waals surface area contributed by atoms with Gasteiger partial charge >= 0.3 is 0 Å². The number of rotatable bonds is 10. The molecule has 278 valence electrons. The fourth-order valence-electron chi connectivity index (χ4n) is 8.21. The van der Waals surface area contributed by atoms with Crippen molar-refractivity contribution in [1.29, 1.82) is 0 Å². The van der Waals surface area contributed by atoms with E-state index in [9.17, 15) is 0 Å². The Kier molecular flexibility index (Phi) is 10.3. The summed E-state index contributed by atoms with van der Waals surface area (Å²) < 4.78 is 0. The molecule has 0 aliphatic heterocycles. The molecule has 0 heterocycles. The Morgan fingerprint density at radius 2 is 0.672 bits per heavy atom. The van der Waals surface area contributed by atoms with Crippen molar-refractivity contribution >= 4 is 17.1 Å². The standard InChI is InChI=1S/C57H45N/c1-41(2)50-24-12-14-27-53(50)56-40-47(34-39-55(56)54-28-15-13-25-51(54)45-20-8-4-9-21-45)44-32-37-49(38-33-44)58(48-35-30-43(31-36-48)42-18-6-3-7-19-42)57-29-17-16-26-52(57)46-22-10-5-11-23-46/h3-41H,1-2H3. The van der Waals surface area contributed by atoms with Crippen molar-refractivity contribution in [2.75, 3.05) is 4.90 Å². The Morgan fingerprint density at radius 3 is 1.26 bits per heavy atom. The van der Waals surface area contributed by atoms with Crippen molar-refractivity contribution in [1.82, 2.24) is 0 Å². The number of para-hydroxylation sites is 1. The summed E-state index contributed by atoms with van der Waals surface area (Å²) in [5, 5.41) is 0. The molecule has 0 amide bonds. The molecule has 9 aromatic carbocycles. The van der Waals surface area contributed by atoms with Crippen LogP contribution in [0.4, 0.5) is 17.1 Å². The van der Waals surface area contributed by atoms with Crippen LogP contribution in [0.1, 0.15) is 25.3 Å². The SMILES string of the molecule is CC(C)c1ccccc1-c1cc(-c2ccc(N(c3ccc(-c4ccccc4)cc3)c3ccccc3-c3ccccc3)cc2)ccc1-c1ccccc1-c1ccccc1. The molecule has 0 spiro atoms. The summed E-state index contributed by atoms with van der Waals surface area (Å²) in [5.74, 6) is 0.378. The van der Waals surface area contributed by atoms with Crippen molar-refractivity contribution in [3.63, 3.8) is 0 Å². The van der Waals surface area contributed by atoms with Gasteiger partial charge in [-0.15, -0.1) is 0 Å². The lowest BCUT2D eigenvalue weighted by atomic mass is 9.84. The lowest BCUT2D eigenvalue weighted by molar-refractivity contribution is 0.869. The lowest BCUT2D eigenvalue weighted by Gasteiger charge is -2.28. The van der Waals surface area contributed by atoms with E-state index in [4.69, 9.17) is 0 Å². The van der Waals surface area contributed by atoms with Crippen LogP contribution in [0.5, 0.6) is 0 Å². The maximum Gasteiger partial charge on any atom is 0.0540 e. The van der Waals surface area contributed by atoms with Crippen molar-refractivity contribution in [2.24, 2.45) is 0 Å². The van der Waals surface area contributed by atoms with E-state index in [0.29, 0.717) is 5.92 Å². The van der Waals surface area contributed by atoms with Gasteiger partial charge in [0.05, 0.1) is 5.69 Å². The molecule has 0 bridgehead atoms. The highest BCUT2D eigenvalue weighted by atomic mass is 15.1. The van der Waals surface area contributed by atoms with Crippen LogP contribution in [-0.4, -0.2) is 0 Å². The first-order chi connectivity index (χ1) is 28.6. The summed E-state index contributed by atoms with van der Waals surface area (Å²) in [6.07, 6.45) is 0. The summed E-state index contributed by atoms with van der Waals surface area (Å²) in [6, 6.07) is 83.4. The van der Waals surface area contributed by atoms with Crippen molar-refractivity contribution in [3.8, 4) is 66.8 Å². The molecule has 0 fully saturated rings. The fraction of sp³-hybridized carbons (Fsp3) is 0.0526. The monoisotopic (exact) mass is 743 g/mol. The summed E-state index contributed by atoms with van der Waals surface area (Å²) in [5.41, 5.74) is 19.2. The van der Waals surface area contributed by atoms with Crippen molar-refractivity contribution < 1.29 is 0 Å². The molecular weight excluding hydrogens is 699 g/mol. The molecule has 0 radical (unpaired) electrons. The predicted molar refractivity (Wildman–Crippen MR) is 248 cm³/mol. The van der Waals surface area contributed by atoms with Gasteiger partial charge in [0.1, 0.15) is 0 Å². The van der Waals surface area contributed by atoms with Gasteiger partial charge in [-0.1, -0.05) is 208 Å². The molecular formula is C57H45N. The summed E-state index contributed by atoms with van der Waals surface area (Å²) >= 11 is 0. The maximum atomic E-state index is 2.40. The second kappa shape index (κ2) is 16.5. The van der Waals surface area contributed by atoms with Crippen LogP contribution >= 0.6 is 0 Å². The number of benzene rings is 9. The molecule has 58 heavy (non-hydrogen) atoms. The summed E-state index contributed by atoms with van der Waals surface area (Å²) in [4.78, 5) is 2.38. The molecule has 0 aliphatic carbocycles. The molecule has 9 aromatic rings. The highest BCUT2D eigenvalue weighted by Gasteiger charge is 2.20. The quantitative estimate of drug-likeness (QED) is 0.135. The molecule has 0 atom stereocenters. The Hall–Kier alpha value is -7.22. The van der Waals surface area contributed by atoms with E-state index in [1.807, 2.05) is 0 Å². The van der Waals surface area contributed by atoms with Crippen LogP contribution in [-0.2, 0) is 0 Å². The van der Waals surface area contributed by atoms with E-state index in [1.165, 1.54) is 72.3 Å². The summed E-state index contributed by atoms with van der Waals surface area (Å²) in [7, 11) is 0. The molecule has 0 N–H and O–H groups in total. The average molecular weight is 744 g/mol. The zero-order chi connectivity index (χ0) is 39.3. The zero-order valence-electron chi connectivity index (χ0n) is 33.0. The van der Waals surface area contributed by atoms with E-state index >= 15 is 0 Å². The maximum absolute atomic E-state index is 2.40. The van der Waals surface area contributed by atoms with Gasteiger partial charge in [0.15, 0.2) is 0 Å². The van der Waals surface area contributed by atoms with Gasteiger partial charge < -0.3 is 4.90 Å². The Morgan fingerprint density at radius 1 is 0.276 bits per heavy atom. The molecule has 0 unspecified atom stereocenters. The van der Waals surface area contributed by atoms with E-state index in [0.717, 1.165) is 17.1 Å². The third-order valence-electron chi connectivity index (χ3n) is 11.1. The first kappa shape index (κ1) is 36.4. The van der Waals surface area contributed by atoms with Gasteiger partial charge in [-0.2, -0.15) is 0 Å².